The number of benzene rings is 2. The normalized spacial score (nSPS) is 16.0. The Morgan fingerprint density at radius 1 is 0.559 bits per heavy atom. The Hall–Kier alpha value is -9.19. The fraction of sp³-hybridized carbons (Fsp3) is 0.571. The van der Waals surface area contributed by atoms with Gasteiger partial charge in [0.2, 0.25) is 47.3 Å². The number of nitrogens with one attached hydrogen (secondary N) is 6. The van der Waals surface area contributed by atoms with E-state index in [0.717, 1.165) is 4.90 Å². The molecule has 30 nitrogen and oxygen atoms in total. The van der Waals surface area contributed by atoms with E-state index in [2.05, 4.69) is 31.6 Å². The number of guanidine groups is 1. The maximum absolute atomic E-state index is 14.1. The van der Waals surface area contributed by atoms with Crippen LogP contribution in [0.25, 0.3) is 0 Å². The second-order valence-electron chi connectivity index (χ2n) is 24.3. The molecular weight excluding hydrogens is 1210 g/mol. The average Bonchev–Trinajstić information content (AvgIpc) is 1.82. The van der Waals surface area contributed by atoms with E-state index in [0.29, 0.717) is 17.5 Å². The van der Waals surface area contributed by atoms with Gasteiger partial charge in [-0.3, -0.25) is 83.6 Å². The third kappa shape index (κ3) is 27.3. The average molecular weight is 1310 g/mol. The van der Waals surface area contributed by atoms with Gasteiger partial charge in [0, 0.05) is 68.2 Å². The molecule has 1 fully saturated rings. The molecule has 2 aromatic carbocycles. The molecule has 1 saturated heterocycles. The van der Waals surface area contributed by atoms with Crippen molar-refractivity contribution in [2.75, 3.05) is 32.8 Å². The van der Waals surface area contributed by atoms with Crippen LogP contribution in [0.5, 0.6) is 11.5 Å². The molecule has 8 amide bonds. The monoisotopic (exact) mass is 1310 g/mol. The van der Waals surface area contributed by atoms with Crippen LogP contribution in [0.3, 0.4) is 0 Å². The lowest BCUT2D eigenvalue weighted by Crippen LogP contribution is -2.78. The molecule has 1 heterocycles. The molecular formula is C63H92N11O19+. The number of likely N-dealkylation sites (tertiary alicyclic amines) is 1. The zero-order chi connectivity index (χ0) is 69.8. The van der Waals surface area contributed by atoms with Crippen LogP contribution >= 0.6 is 0 Å². The lowest BCUT2D eigenvalue weighted by atomic mass is 9.86. The highest BCUT2D eigenvalue weighted by molar-refractivity contribution is 6.00. The Kier molecular flexibility index (Phi) is 32.4. The lowest BCUT2D eigenvalue weighted by Gasteiger charge is -2.28. The number of phenols is 2. The molecule has 512 valence electrons. The first kappa shape index (κ1) is 78.1. The van der Waals surface area contributed by atoms with Crippen molar-refractivity contribution >= 4 is 88.1 Å². The molecule has 3 rings (SSSR count). The second kappa shape index (κ2) is 38.6. The molecule has 0 saturated carbocycles. The Morgan fingerprint density at radius 2 is 1.03 bits per heavy atom. The van der Waals surface area contributed by atoms with Crippen molar-refractivity contribution in [2.24, 2.45) is 64.4 Å². The fourth-order valence-corrected chi connectivity index (χ4v) is 10.6. The van der Waals surface area contributed by atoms with Gasteiger partial charge in [0.15, 0.2) is 23.1 Å². The summed E-state index contributed by atoms with van der Waals surface area (Å²) in [6.45, 7) is 5.98. The van der Waals surface area contributed by atoms with E-state index in [1.54, 1.807) is 19.1 Å². The number of carbonyl (C=O) groups excluding carboxylic acids is 13. The third-order valence-electron chi connectivity index (χ3n) is 15.8. The molecule has 1 aliphatic heterocycles. The number of amides is 8. The second-order valence-corrected chi connectivity index (χ2v) is 24.3. The van der Waals surface area contributed by atoms with E-state index < -0.39 is 194 Å². The van der Waals surface area contributed by atoms with E-state index in [9.17, 15) is 92.7 Å². The summed E-state index contributed by atoms with van der Waals surface area (Å²) in [4.78, 5) is 190. The Balaban J connectivity index is 1.70. The summed E-state index contributed by atoms with van der Waals surface area (Å²) in [6, 6.07) is 4.39. The zero-order valence-electron chi connectivity index (χ0n) is 53.2. The number of nitrogens with zero attached hydrogens (tertiary/aromatic N) is 1. The van der Waals surface area contributed by atoms with Crippen LogP contribution in [-0.4, -0.2) is 182 Å². The van der Waals surface area contributed by atoms with Crippen LogP contribution in [0.2, 0.25) is 0 Å². The summed E-state index contributed by atoms with van der Waals surface area (Å²) < 4.78 is 0. The zero-order valence-corrected chi connectivity index (χ0v) is 53.2. The molecule has 93 heavy (non-hydrogen) atoms. The van der Waals surface area contributed by atoms with Gasteiger partial charge in [-0.1, -0.05) is 58.9 Å². The molecule has 0 aliphatic carbocycles. The lowest BCUT2D eigenvalue weighted by molar-refractivity contribution is -0.459. The van der Waals surface area contributed by atoms with Crippen LogP contribution in [0.4, 0.5) is 0 Å². The number of Topliss-reactive ketones (excluding diaryl/α,β-unsaturated/α-hetero) is 5. The number of aliphatic hydroxyl groups is 2. The van der Waals surface area contributed by atoms with Crippen LogP contribution in [0.1, 0.15) is 123 Å². The first-order chi connectivity index (χ1) is 43.7. The minimum atomic E-state index is -1.84. The van der Waals surface area contributed by atoms with Crippen molar-refractivity contribution < 1.29 is 97.6 Å². The number of carboxylic acid groups (broad SMARTS) is 1. The summed E-state index contributed by atoms with van der Waals surface area (Å²) in [5.41, 5.74) is 23.0. The van der Waals surface area contributed by atoms with Crippen molar-refractivity contribution in [2.45, 2.75) is 155 Å². The highest BCUT2D eigenvalue weighted by Crippen LogP contribution is 2.25. The van der Waals surface area contributed by atoms with Gasteiger partial charge >= 0.3 is 11.9 Å². The van der Waals surface area contributed by atoms with Crippen LogP contribution < -0.4 is 54.5 Å². The standard InChI is InChI=1S/C63H91N11O19/c1-33(2)20-34(3)50(80)26-40(24-38-12-16-43(78)17-13-38)60(91)70-45(8-6-18-68-63(66)67)51(81)21-35(4)57(88)71-46(28-54(64)84)52(82)22-36(5)58(89)72-47(29-55(85)86)53(83)27-41(31-75)62(93)74-19-7-9-49(74)61(92)69-30-44(79)25-39(23-37-10-14-42(77)15-11-37)59(90)73-48(32-76)56(65)87/h10-17,33-36,39-41,45-49,75-78H,6-9,18-32H2,1-5H3,(H2,64,84)(H2,65,87)(H,69,92)(H,70,91)(H,71,88)(H,72,89)(H,73,90)(H,85,86)(H4,66,67,68)/p+1/t34-,35+,36+,39+,40+,41-,45-,46-,47-,48-,49-/m0/s1. The van der Waals surface area contributed by atoms with Gasteiger partial charge in [-0.25, -0.2) is 0 Å². The molecule has 1 aliphatic rings. The molecule has 11 atom stereocenters. The summed E-state index contributed by atoms with van der Waals surface area (Å²) in [5.74, 6) is -18.8. The number of aromatic hydroxyl groups is 2. The van der Waals surface area contributed by atoms with Crippen molar-refractivity contribution in [1.29, 1.82) is 0 Å². The molecule has 0 aromatic heterocycles. The number of primary amides is 2. The number of hydrogen-bond donors (Lipinski definition) is 15. The number of ketones is 5. The number of hydrogen-bond acceptors (Lipinski definition) is 18. The van der Waals surface area contributed by atoms with Crippen molar-refractivity contribution in [3.63, 3.8) is 0 Å². The first-order valence-electron chi connectivity index (χ1n) is 30.8. The van der Waals surface area contributed by atoms with E-state index in [-0.39, 0.29) is 93.1 Å². The van der Waals surface area contributed by atoms with Crippen LogP contribution in [-0.2, 0) is 80.0 Å². The third-order valence-corrected chi connectivity index (χ3v) is 15.8. The Bertz CT molecular complexity index is 3010. The predicted molar refractivity (Wildman–Crippen MR) is 333 cm³/mol. The molecule has 0 unspecified atom stereocenters. The smallest absolute Gasteiger partial charge is 0.338 e. The summed E-state index contributed by atoms with van der Waals surface area (Å²) in [5, 5.41) is 61.4. The Morgan fingerprint density at radius 3 is 1.51 bits per heavy atom. The largest absolute Gasteiger partial charge is 0.508 e. The van der Waals surface area contributed by atoms with E-state index in [1.807, 2.05) is 13.8 Å². The van der Waals surface area contributed by atoms with Crippen molar-refractivity contribution in [3.05, 3.63) is 59.7 Å². The van der Waals surface area contributed by atoms with Gasteiger partial charge in [0.1, 0.15) is 29.4 Å². The summed E-state index contributed by atoms with van der Waals surface area (Å²) in [6.07, 6.45) is -3.33. The van der Waals surface area contributed by atoms with E-state index in [1.165, 1.54) is 50.2 Å². The number of aliphatic carboxylic acids is 1. The number of rotatable bonds is 43. The van der Waals surface area contributed by atoms with Gasteiger partial charge in [-0.05, 0) is 86.3 Å². The molecule has 0 radical (unpaired) electrons. The van der Waals surface area contributed by atoms with E-state index in [4.69, 9.17) is 22.9 Å². The summed E-state index contributed by atoms with van der Waals surface area (Å²) >= 11 is 0. The SMILES string of the molecule is CC(C)C[C@H](C)C(=O)C[C@@H](Cc1ccc(O)cc1)C(=O)N[C@@H](CCC[NH+]=C(N)N)C(=O)C[C@@H](C)C(=O)N[C@@H](CC(N)=O)C(=O)C[C@@H](C)C(=O)N[C@@H](CC(=O)O)C(=O)C[C@@H](CO)C(=O)N1CCC[C@H]1C(=O)NCC(=O)C[C@@H](Cc1ccc(O)cc1)C(=O)N[C@@H](CO)C(N)=O. The minimum Gasteiger partial charge on any atom is -0.508 e. The fourth-order valence-electron chi connectivity index (χ4n) is 10.6. The first-order valence-corrected chi connectivity index (χ1v) is 30.8. The number of phenolic OH excluding ortho intramolecular Hbond substituents is 2. The Labute approximate surface area is 538 Å². The predicted octanol–water partition coefficient (Wildman–Crippen LogP) is -3.52. The number of aliphatic hydroxyl groups excluding tert-OH is 2. The van der Waals surface area contributed by atoms with Crippen molar-refractivity contribution in [1.82, 2.24) is 31.5 Å². The van der Waals surface area contributed by atoms with Crippen molar-refractivity contribution in [3.8, 4) is 11.5 Å². The van der Waals surface area contributed by atoms with E-state index >= 15 is 0 Å². The quantitative estimate of drug-likeness (QED) is 0.0174. The minimum absolute atomic E-state index is 0.0124. The molecule has 2 aromatic rings. The number of carbonyl (C=O) groups is 14. The van der Waals surface area contributed by atoms with Gasteiger partial charge in [0.05, 0.1) is 63.2 Å². The van der Waals surface area contributed by atoms with Gasteiger partial charge in [-0.15, -0.1) is 0 Å². The van der Waals surface area contributed by atoms with Gasteiger partial charge < -0.3 is 68.5 Å². The van der Waals surface area contributed by atoms with Gasteiger partial charge in [-0.2, -0.15) is 0 Å². The summed E-state index contributed by atoms with van der Waals surface area (Å²) in [7, 11) is 0. The molecule has 19 N–H and O–H groups in total. The highest BCUT2D eigenvalue weighted by Gasteiger charge is 2.40. The van der Waals surface area contributed by atoms with Gasteiger partial charge in [0.25, 0.3) is 0 Å². The van der Waals surface area contributed by atoms with Crippen LogP contribution in [0, 0.1) is 41.4 Å². The maximum atomic E-state index is 14.1. The number of nitrogens with two attached hydrogens (primary N) is 4. The maximum Gasteiger partial charge on any atom is 0.338 e. The molecule has 0 bridgehead atoms. The molecule has 0 spiro atoms. The van der Waals surface area contributed by atoms with Crippen LogP contribution in [0.15, 0.2) is 48.5 Å². The highest BCUT2D eigenvalue weighted by atomic mass is 16.4. The number of carboxylic acids is 1. The topological polar surface area (TPSA) is 522 Å². The molecule has 30 heteroatoms.